The molecule has 2 aromatic heterocycles. The second-order valence-corrected chi connectivity index (χ2v) is 7.80. The summed E-state index contributed by atoms with van der Waals surface area (Å²) in [7, 11) is 0. The van der Waals surface area contributed by atoms with Crippen LogP contribution in [-0.2, 0) is 0 Å². The van der Waals surface area contributed by atoms with Crippen LogP contribution in [0, 0.1) is 5.82 Å². The van der Waals surface area contributed by atoms with Crippen LogP contribution in [0.5, 0.6) is 11.6 Å². The molecule has 7 nitrogen and oxygen atoms in total. The van der Waals surface area contributed by atoms with Crippen molar-refractivity contribution in [3.05, 3.63) is 42.5 Å². The smallest absolute Gasteiger partial charge is 0.233 e. The Morgan fingerprint density at radius 2 is 1.90 bits per heavy atom. The number of hydrogen-bond donors (Lipinski definition) is 3. The molecule has 2 fully saturated rings. The largest absolute Gasteiger partial charge is 0.507 e. The van der Waals surface area contributed by atoms with Gasteiger partial charge in [-0.1, -0.05) is 6.42 Å². The molecule has 150 valence electrons. The summed E-state index contributed by atoms with van der Waals surface area (Å²) in [5, 5.41) is 28.8. The van der Waals surface area contributed by atoms with E-state index in [1.54, 1.807) is 18.3 Å². The standard InChI is InChI=1S/C21H22FN5O2/c22-18-8-17(20(28)9-16(18)12-10-23-24-11-12)19-4-5-21(27-26-19)29-15-6-13-2-1-3-14(7-15)25-13/h4-5,8-11,13-15,25,28H,1-3,6-7H2,(H,23,24)/t13-,14+,15?. The molecule has 5 rings (SSSR count). The van der Waals surface area contributed by atoms with E-state index in [1.807, 2.05) is 0 Å². The number of ether oxygens (including phenoxy) is 1. The molecule has 1 unspecified atom stereocenters. The van der Waals surface area contributed by atoms with Gasteiger partial charge in [-0.3, -0.25) is 5.10 Å². The molecule has 1 aromatic carbocycles. The topological polar surface area (TPSA) is 96.0 Å². The molecular formula is C21H22FN5O2. The molecule has 29 heavy (non-hydrogen) atoms. The van der Waals surface area contributed by atoms with Crippen molar-refractivity contribution in [2.24, 2.45) is 0 Å². The van der Waals surface area contributed by atoms with Crippen LogP contribution in [0.25, 0.3) is 22.4 Å². The molecule has 3 atom stereocenters. The van der Waals surface area contributed by atoms with Gasteiger partial charge in [-0.15, -0.1) is 10.2 Å². The van der Waals surface area contributed by atoms with Crippen LogP contribution in [0.4, 0.5) is 4.39 Å². The maximum absolute atomic E-state index is 14.5. The van der Waals surface area contributed by atoms with Crippen molar-refractivity contribution in [1.29, 1.82) is 0 Å². The van der Waals surface area contributed by atoms with Crippen LogP contribution in [0.3, 0.4) is 0 Å². The summed E-state index contributed by atoms with van der Waals surface area (Å²) < 4.78 is 20.6. The Labute approximate surface area is 167 Å². The lowest BCUT2D eigenvalue weighted by molar-refractivity contribution is 0.0881. The van der Waals surface area contributed by atoms with Crippen molar-refractivity contribution in [1.82, 2.24) is 25.7 Å². The minimum atomic E-state index is -0.470. The number of halogens is 1. The number of fused-ring (bicyclic) bond motifs is 2. The first-order valence-electron chi connectivity index (χ1n) is 9.94. The summed E-state index contributed by atoms with van der Waals surface area (Å²) in [6.45, 7) is 0. The highest BCUT2D eigenvalue weighted by molar-refractivity contribution is 5.74. The van der Waals surface area contributed by atoms with Crippen LogP contribution >= 0.6 is 0 Å². The maximum atomic E-state index is 14.5. The molecule has 2 bridgehead atoms. The number of aromatic hydroxyl groups is 1. The number of aromatic nitrogens is 4. The minimum absolute atomic E-state index is 0.0725. The third-order valence-corrected chi connectivity index (χ3v) is 5.77. The molecule has 2 saturated heterocycles. The van der Waals surface area contributed by atoms with Crippen LogP contribution < -0.4 is 10.1 Å². The first-order valence-corrected chi connectivity index (χ1v) is 9.94. The van der Waals surface area contributed by atoms with Crippen LogP contribution in [0.2, 0.25) is 0 Å². The fraction of sp³-hybridized carbons (Fsp3) is 0.381. The zero-order chi connectivity index (χ0) is 19.8. The molecule has 2 aliphatic heterocycles. The van der Waals surface area contributed by atoms with Crippen LogP contribution in [0.1, 0.15) is 32.1 Å². The highest BCUT2D eigenvalue weighted by Gasteiger charge is 2.32. The van der Waals surface area contributed by atoms with E-state index in [9.17, 15) is 9.50 Å². The third kappa shape index (κ3) is 3.67. The summed E-state index contributed by atoms with van der Waals surface area (Å²) in [5.41, 5.74) is 1.50. The molecule has 4 heterocycles. The first kappa shape index (κ1) is 18.1. The Balaban J connectivity index is 1.33. The van der Waals surface area contributed by atoms with Gasteiger partial charge in [0, 0.05) is 41.0 Å². The summed E-state index contributed by atoms with van der Waals surface area (Å²) in [6, 6.07) is 7.09. The molecule has 8 heteroatoms. The molecule has 3 aromatic rings. The Bertz CT molecular complexity index is 981. The van der Waals surface area contributed by atoms with Crippen molar-refractivity contribution in [3.8, 4) is 34.0 Å². The van der Waals surface area contributed by atoms with E-state index in [1.165, 1.54) is 37.6 Å². The van der Waals surface area contributed by atoms with Crippen molar-refractivity contribution in [3.63, 3.8) is 0 Å². The predicted molar refractivity (Wildman–Crippen MR) is 105 cm³/mol. The Morgan fingerprint density at radius 1 is 1.07 bits per heavy atom. The number of nitrogens with zero attached hydrogens (tertiary/aromatic N) is 3. The number of phenols is 1. The zero-order valence-electron chi connectivity index (χ0n) is 15.8. The number of rotatable bonds is 4. The second kappa shape index (κ2) is 7.44. The van der Waals surface area contributed by atoms with Crippen molar-refractivity contribution >= 4 is 0 Å². The number of phenolic OH excluding ortho intramolecular Hbond substituents is 1. The van der Waals surface area contributed by atoms with E-state index in [4.69, 9.17) is 4.74 Å². The molecular weight excluding hydrogens is 373 g/mol. The highest BCUT2D eigenvalue weighted by Crippen LogP contribution is 2.35. The summed E-state index contributed by atoms with van der Waals surface area (Å²) >= 11 is 0. The second-order valence-electron chi connectivity index (χ2n) is 7.80. The van der Waals surface area contributed by atoms with Crippen molar-refractivity contribution in [2.75, 3.05) is 0 Å². The van der Waals surface area contributed by atoms with Crippen molar-refractivity contribution < 1.29 is 14.2 Å². The average Bonchev–Trinajstić information content (AvgIpc) is 3.24. The highest BCUT2D eigenvalue weighted by atomic mass is 19.1. The number of nitrogens with one attached hydrogen (secondary N) is 2. The van der Waals surface area contributed by atoms with Gasteiger partial charge in [0.2, 0.25) is 5.88 Å². The van der Waals surface area contributed by atoms with Gasteiger partial charge in [-0.2, -0.15) is 5.10 Å². The normalized spacial score (nSPS) is 23.7. The lowest BCUT2D eigenvalue weighted by atomic mass is 9.85. The van der Waals surface area contributed by atoms with E-state index in [0.29, 0.717) is 29.2 Å². The average molecular weight is 395 g/mol. The van der Waals surface area contributed by atoms with E-state index >= 15 is 0 Å². The molecule has 0 saturated carbocycles. The van der Waals surface area contributed by atoms with Gasteiger partial charge in [-0.25, -0.2) is 4.39 Å². The fourth-order valence-electron chi connectivity index (χ4n) is 4.39. The van der Waals surface area contributed by atoms with Gasteiger partial charge in [0.1, 0.15) is 17.7 Å². The van der Waals surface area contributed by atoms with Crippen LogP contribution in [-0.4, -0.2) is 43.7 Å². The first-order chi connectivity index (χ1) is 14.2. The summed E-state index contributed by atoms with van der Waals surface area (Å²) in [6.07, 6.45) is 8.82. The predicted octanol–water partition coefficient (Wildman–Crippen LogP) is 3.43. The Hall–Kier alpha value is -3.00. The fourth-order valence-corrected chi connectivity index (χ4v) is 4.39. The summed E-state index contributed by atoms with van der Waals surface area (Å²) in [5.74, 6) is -0.0898. The van der Waals surface area contributed by atoms with E-state index in [-0.39, 0.29) is 23.0 Å². The Kier molecular flexibility index (Phi) is 4.63. The third-order valence-electron chi connectivity index (χ3n) is 5.77. The van der Waals surface area contributed by atoms with Crippen LogP contribution in [0.15, 0.2) is 36.7 Å². The summed E-state index contributed by atoms with van der Waals surface area (Å²) in [4.78, 5) is 0. The van der Waals surface area contributed by atoms with Gasteiger partial charge in [0.15, 0.2) is 0 Å². The zero-order valence-corrected chi connectivity index (χ0v) is 15.8. The number of aromatic amines is 1. The molecule has 3 N–H and O–H groups in total. The molecule has 0 spiro atoms. The molecule has 0 amide bonds. The van der Waals surface area contributed by atoms with Gasteiger partial charge in [-0.05, 0) is 43.9 Å². The lowest BCUT2D eigenvalue weighted by Crippen LogP contribution is -2.51. The number of benzene rings is 1. The quantitative estimate of drug-likeness (QED) is 0.626. The minimum Gasteiger partial charge on any atom is -0.507 e. The van der Waals surface area contributed by atoms with Gasteiger partial charge in [0.05, 0.1) is 11.9 Å². The molecule has 0 radical (unpaired) electrons. The van der Waals surface area contributed by atoms with Gasteiger partial charge >= 0.3 is 0 Å². The lowest BCUT2D eigenvalue weighted by Gasteiger charge is -2.39. The molecule has 2 aliphatic rings. The van der Waals surface area contributed by atoms with Gasteiger partial charge < -0.3 is 15.2 Å². The number of H-pyrrole nitrogens is 1. The monoisotopic (exact) mass is 395 g/mol. The SMILES string of the molecule is Oc1cc(-c2cn[nH]c2)c(F)cc1-c1ccc(OC2C[C@H]3CCC[C@@H](C2)N3)nn1. The van der Waals surface area contributed by atoms with E-state index in [2.05, 4.69) is 25.7 Å². The number of piperidine rings is 2. The number of hydrogen-bond acceptors (Lipinski definition) is 6. The van der Waals surface area contributed by atoms with Gasteiger partial charge in [0.25, 0.3) is 0 Å². The van der Waals surface area contributed by atoms with Crippen molar-refractivity contribution in [2.45, 2.75) is 50.3 Å². The molecule has 0 aliphatic carbocycles. The van der Waals surface area contributed by atoms with E-state index < -0.39 is 5.82 Å². The van der Waals surface area contributed by atoms with E-state index in [0.717, 1.165) is 12.8 Å². The Morgan fingerprint density at radius 3 is 2.59 bits per heavy atom. The maximum Gasteiger partial charge on any atom is 0.233 e.